The molecule has 0 saturated carbocycles. The Hall–Kier alpha value is -1.94. The zero-order valence-electron chi connectivity index (χ0n) is 69.0. The Morgan fingerprint density at radius 2 is 0.438 bits per heavy atom. The van der Waals surface area contributed by atoms with Crippen molar-refractivity contribution in [2.24, 2.45) is 11.8 Å². The molecule has 0 saturated heterocycles. The zero-order valence-corrected chi connectivity index (χ0v) is 70.8. The minimum atomic E-state index is -4.97. The van der Waals surface area contributed by atoms with Gasteiger partial charge in [-0.25, -0.2) is 9.13 Å². The fourth-order valence-corrected chi connectivity index (χ4v) is 15.0. The molecule has 0 aliphatic heterocycles. The maximum Gasteiger partial charge on any atom is 0.472 e. The summed E-state index contributed by atoms with van der Waals surface area (Å²) < 4.78 is 68.9. The molecule has 0 aliphatic carbocycles. The van der Waals surface area contributed by atoms with E-state index in [1.54, 1.807) is 0 Å². The molecule has 0 aromatic rings. The van der Waals surface area contributed by atoms with Crippen molar-refractivity contribution in [1.82, 2.24) is 0 Å². The summed E-state index contributed by atoms with van der Waals surface area (Å²) in [7, 11) is -9.93. The monoisotopic (exact) mass is 1540 g/mol. The Balaban J connectivity index is 5.23. The van der Waals surface area contributed by atoms with Crippen molar-refractivity contribution in [2.45, 2.75) is 477 Å². The van der Waals surface area contributed by atoms with E-state index in [9.17, 15) is 43.2 Å². The predicted octanol–water partition coefficient (Wildman–Crippen LogP) is 26.2. The van der Waals surface area contributed by atoms with Crippen molar-refractivity contribution >= 4 is 39.5 Å². The van der Waals surface area contributed by atoms with E-state index in [1.165, 1.54) is 276 Å². The van der Waals surface area contributed by atoms with Gasteiger partial charge in [0.25, 0.3) is 0 Å². The fourth-order valence-electron chi connectivity index (χ4n) is 13.4. The number of phosphoric acid groups is 2. The standard InChI is InChI=1S/C86H168O17P2/c1-7-9-11-13-15-17-19-20-21-22-23-24-28-34-39-45-51-57-63-69-84(89)97-75-82(103-85(90)70-64-58-52-46-40-35-29-26-25-27-32-37-42-48-54-60-66-78(3)4)77-101-105(94,95)99-73-80(87)72-98-104(92,93)100-76-81(74-96-83(88)68-62-56-50-44-18-16-14-12-10-8-2)102-86(91)71-65-59-53-47-41-36-31-30-33-38-43-49-55-61-67-79(5)6/h78-82,87H,7-77H2,1-6H3,(H,92,93)(H,94,95)/t80-,81+,82+/m0/s1. The smallest absolute Gasteiger partial charge is 0.462 e. The Morgan fingerprint density at radius 1 is 0.257 bits per heavy atom. The van der Waals surface area contributed by atoms with E-state index in [1.807, 2.05) is 0 Å². The molecule has 0 aromatic carbocycles. The van der Waals surface area contributed by atoms with Crippen molar-refractivity contribution in [1.29, 1.82) is 0 Å². The maximum absolute atomic E-state index is 13.1. The number of hydrogen-bond donors (Lipinski definition) is 3. The molecule has 0 rings (SSSR count). The van der Waals surface area contributed by atoms with Crippen LogP contribution in [0.25, 0.3) is 0 Å². The number of carbonyl (C=O) groups excluding carboxylic acids is 4. The number of aliphatic hydroxyl groups excluding tert-OH is 1. The van der Waals surface area contributed by atoms with Crippen LogP contribution in [0.2, 0.25) is 0 Å². The lowest BCUT2D eigenvalue weighted by Gasteiger charge is -2.21. The first-order valence-corrected chi connectivity index (χ1v) is 47.5. The maximum atomic E-state index is 13.1. The second kappa shape index (κ2) is 77.4. The van der Waals surface area contributed by atoms with E-state index in [4.69, 9.17) is 37.0 Å². The van der Waals surface area contributed by atoms with Gasteiger partial charge in [0.05, 0.1) is 26.4 Å². The highest BCUT2D eigenvalue weighted by Crippen LogP contribution is 2.45. The van der Waals surface area contributed by atoms with E-state index in [0.29, 0.717) is 25.7 Å². The summed E-state index contributed by atoms with van der Waals surface area (Å²) in [6.07, 6.45) is 69.4. The van der Waals surface area contributed by atoms with Gasteiger partial charge in [-0.1, -0.05) is 408 Å². The van der Waals surface area contributed by atoms with Crippen LogP contribution in [-0.2, 0) is 65.4 Å². The highest BCUT2D eigenvalue weighted by molar-refractivity contribution is 7.47. The quantitative estimate of drug-likeness (QED) is 0.0222. The van der Waals surface area contributed by atoms with Gasteiger partial charge in [0, 0.05) is 25.7 Å². The number of ether oxygens (including phenoxy) is 4. The molecular formula is C86H168O17P2. The third kappa shape index (κ3) is 79.9. The number of phosphoric ester groups is 2. The van der Waals surface area contributed by atoms with Crippen molar-refractivity contribution < 1.29 is 80.2 Å². The van der Waals surface area contributed by atoms with Crippen LogP contribution >= 0.6 is 15.6 Å². The third-order valence-electron chi connectivity index (χ3n) is 20.2. The van der Waals surface area contributed by atoms with Gasteiger partial charge in [-0.3, -0.25) is 37.3 Å². The summed E-state index contributed by atoms with van der Waals surface area (Å²) in [6.45, 7) is 9.72. The van der Waals surface area contributed by atoms with Gasteiger partial charge >= 0.3 is 39.5 Å². The molecule has 0 aliphatic rings. The van der Waals surface area contributed by atoms with Crippen LogP contribution in [0, 0.1) is 11.8 Å². The summed E-state index contributed by atoms with van der Waals surface area (Å²) in [4.78, 5) is 73.2. The molecule has 0 aromatic heterocycles. The van der Waals surface area contributed by atoms with Gasteiger partial charge in [-0.05, 0) is 37.5 Å². The Labute approximate surface area is 645 Å². The molecule has 2 unspecified atom stereocenters. The highest BCUT2D eigenvalue weighted by Gasteiger charge is 2.30. The lowest BCUT2D eigenvalue weighted by Crippen LogP contribution is -2.30. The van der Waals surface area contributed by atoms with Crippen LogP contribution in [-0.4, -0.2) is 96.7 Å². The van der Waals surface area contributed by atoms with Crippen LogP contribution in [0.1, 0.15) is 459 Å². The first kappa shape index (κ1) is 103. The van der Waals surface area contributed by atoms with Crippen LogP contribution < -0.4 is 0 Å². The average Bonchev–Trinajstić information content (AvgIpc) is 0.916. The number of hydrogen-bond acceptors (Lipinski definition) is 15. The molecule has 105 heavy (non-hydrogen) atoms. The normalized spacial score (nSPS) is 13.8. The van der Waals surface area contributed by atoms with Crippen molar-refractivity contribution in [2.75, 3.05) is 39.6 Å². The van der Waals surface area contributed by atoms with E-state index < -0.39 is 97.5 Å². The fraction of sp³-hybridized carbons (Fsp3) is 0.953. The average molecular weight is 1540 g/mol. The van der Waals surface area contributed by atoms with E-state index in [2.05, 4.69) is 41.5 Å². The van der Waals surface area contributed by atoms with Gasteiger partial charge in [0.2, 0.25) is 0 Å². The molecule has 0 heterocycles. The summed E-state index contributed by atoms with van der Waals surface area (Å²) in [5.41, 5.74) is 0. The largest absolute Gasteiger partial charge is 0.472 e. The molecule has 0 radical (unpaired) electrons. The summed E-state index contributed by atoms with van der Waals surface area (Å²) >= 11 is 0. The first-order chi connectivity index (χ1) is 50.9. The number of carbonyl (C=O) groups is 4. The molecule has 3 N–H and O–H groups in total. The molecule has 17 nitrogen and oxygen atoms in total. The minimum Gasteiger partial charge on any atom is -0.462 e. The van der Waals surface area contributed by atoms with Crippen molar-refractivity contribution in [3.63, 3.8) is 0 Å². The van der Waals surface area contributed by atoms with Gasteiger partial charge < -0.3 is 33.8 Å². The Morgan fingerprint density at radius 3 is 0.648 bits per heavy atom. The first-order valence-electron chi connectivity index (χ1n) is 44.5. The lowest BCUT2D eigenvalue weighted by molar-refractivity contribution is -0.161. The van der Waals surface area contributed by atoms with Gasteiger partial charge in [0.15, 0.2) is 12.2 Å². The second-order valence-corrected chi connectivity index (χ2v) is 34.8. The van der Waals surface area contributed by atoms with E-state index in [0.717, 1.165) is 102 Å². The molecule has 624 valence electrons. The Kier molecular flexibility index (Phi) is 76.0. The molecular weight excluding hydrogens is 1370 g/mol. The summed E-state index contributed by atoms with van der Waals surface area (Å²) in [6, 6.07) is 0. The van der Waals surface area contributed by atoms with Crippen LogP contribution in [0.5, 0.6) is 0 Å². The SMILES string of the molecule is CCCCCCCCCCCCCCCCCCCCCC(=O)OC[C@H](COP(=O)(O)OC[C@@H](O)COP(=O)(O)OC[C@@H](COC(=O)CCCCCCCCCCCC)OC(=O)CCCCCCCCCCCCCCCCC(C)C)OC(=O)CCCCCCCCCCCCCCCCCCC(C)C. The molecule has 0 fully saturated rings. The zero-order chi connectivity index (χ0) is 77.1. The van der Waals surface area contributed by atoms with Gasteiger partial charge in [-0.15, -0.1) is 0 Å². The number of rotatable bonds is 85. The highest BCUT2D eigenvalue weighted by atomic mass is 31.2. The second-order valence-electron chi connectivity index (χ2n) is 31.9. The van der Waals surface area contributed by atoms with Crippen LogP contribution in [0.4, 0.5) is 0 Å². The molecule has 5 atom stereocenters. The van der Waals surface area contributed by atoms with Gasteiger partial charge in [-0.2, -0.15) is 0 Å². The van der Waals surface area contributed by atoms with Crippen LogP contribution in [0.3, 0.4) is 0 Å². The molecule has 0 amide bonds. The summed E-state index contributed by atoms with van der Waals surface area (Å²) in [5, 5.41) is 10.7. The van der Waals surface area contributed by atoms with Crippen molar-refractivity contribution in [3.05, 3.63) is 0 Å². The lowest BCUT2D eigenvalue weighted by atomic mass is 10.0. The Bertz CT molecular complexity index is 2010. The predicted molar refractivity (Wildman–Crippen MR) is 432 cm³/mol. The number of esters is 4. The van der Waals surface area contributed by atoms with E-state index >= 15 is 0 Å². The number of aliphatic hydroxyl groups is 1. The topological polar surface area (TPSA) is 237 Å². The molecule has 0 spiro atoms. The van der Waals surface area contributed by atoms with Crippen LogP contribution in [0.15, 0.2) is 0 Å². The van der Waals surface area contributed by atoms with E-state index in [-0.39, 0.29) is 25.7 Å². The molecule has 0 bridgehead atoms. The van der Waals surface area contributed by atoms with Gasteiger partial charge in [0.1, 0.15) is 19.3 Å². The minimum absolute atomic E-state index is 0.108. The molecule has 19 heteroatoms. The van der Waals surface area contributed by atoms with Crippen molar-refractivity contribution in [3.8, 4) is 0 Å². The number of unbranched alkanes of at least 4 members (excludes halogenated alkanes) is 55. The summed E-state index contributed by atoms with van der Waals surface area (Å²) in [5.74, 6) is -0.497. The third-order valence-corrected chi connectivity index (χ3v) is 22.1.